The number of benzene rings is 1. The lowest BCUT2D eigenvalue weighted by molar-refractivity contribution is -0.154. The van der Waals surface area contributed by atoms with Crippen LogP contribution < -0.4 is 15.4 Å². The third-order valence-electron chi connectivity index (χ3n) is 3.34. The van der Waals surface area contributed by atoms with Gasteiger partial charge in [0.25, 0.3) is 11.8 Å². The lowest BCUT2D eigenvalue weighted by atomic mass is 10.1. The summed E-state index contributed by atoms with van der Waals surface area (Å²) in [6.07, 6.45) is -3.55. The fourth-order valence-electron chi connectivity index (χ4n) is 2.16. The van der Waals surface area contributed by atoms with E-state index in [1.807, 2.05) is 0 Å². The fraction of sp³-hybridized carbons (Fsp3) is 0.278. The second-order valence-corrected chi connectivity index (χ2v) is 7.03. The molecular weight excluding hydrogens is 434 g/mol. The summed E-state index contributed by atoms with van der Waals surface area (Å²) < 4.78 is 41.2. The number of hydrogen-bond acceptors (Lipinski definition) is 4. The number of carbonyl (C=O) groups is 2. The summed E-state index contributed by atoms with van der Waals surface area (Å²) in [6.45, 7) is 1.99. The highest BCUT2D eigenvalue weighted by atomic mass is 35.5. The molecule has 0 fully saturated rings. The average Bonchev–Trinajstić information content (AvgIpc) is 2.59. The molecule has 1 heterocycles. The van der Waals surface area contributed by atoms with Crippen molar-refractivity contribution in [1.82, 2.24) is 10.3 Å². The number of carbonyl (C=O) groups excluding carboxylic acids is 2. The van der Waals surface area contributed by atoms with Crippen LogP contribution in [0, 0.1) is 0 Å². The zero-order chi connectivity index (χ0) is 21.8. The average molecular weight is 450 g/mol. The van der Waals surface area contributed by atoms with Crippen LogP contribution in [-0.4, -0.2) is 35.6 Å². The summed E-state index contributed by atoms with van der Waals surface area (Å²) in [4.78, 5) is 28.4. The van der Waals surface area contributed by atoms with Gasteiger partial charge in [0, 0.05) is 17.3 Å². The Balaban J connectivity index is 2.21. The van der Waals surface area contributed by atoms with Gasteiger partial charge in [-0.1, -0.05) is 23.2 Å². The third kappa shape index (κ3) is 6.79. The Hall–Kier alpha value is -2.52. The molecule has 0 saturated heterocycles. The van der Waals surface area contributed by atoms with Gasteiger partial charge in [-0.15, -0.1) is 0 Å². The maximum Gasteiger partial charge on any atom is 0.422 e. The van der Waals surface area contributed by atoms with E-state index >= 15 is 0 Å². The molecule has 2 rings (SSSR count). The minimum Gasteiger partial charge on any atom is -0.467 e. The van der Waals surface area contributed by atoms with Crippen LogP contribution in [0.4, 0.5) is 18.9 Å². The Labute approximate surface area is 174 Å². The monoisotopic (exact) mass is 449 g/mol. The van der Waals surface area contributed by atoms with Crippen molar-refractivity contribution < 1.29 is 27.5 Å². The lowest BCUT2D eigenvalue weighted by Crippen LogP contribution is -2.31. The van der Waals surface area contributed by atoms with Gasteiger partial charge in [-0.3, -0.25) is 9.59 Å². The van der Waals surface area contributed by atoms with Crippen LogP contribution >= 0.6 is 23.2 Å². The molecule has 2 N–H and O–H groups in total. The minimum absolute atomic E-state index is 0.0513. The van der Waals surface area contributed by atoms with Crippen LogP contribution in [0.15, 0.2) is 30.5 Å². The molecule has 0 unspecified atom stereocenters. The van der Waals surface area contributed by atoms with Crippen molar-refractivity contribution in [2.45, 2.75) is 26.1 Å². The Bertz CT molecular complexity index is 921. The Kier molecular flexibility index (Phi) is 7.32. The molecule has 0 radical (unpaired) electrons. The van der Waals surface area contributed by atoms with Crippen molar-refractivity contribution in [2.75, 3.05) is 11.9 Å². The third-order valence-corrected chi connectivity index (χ3v) is 3.84. The Morgan fingerprint density at radius 3 is 2.45 bits per heavy atom. The van der Waals surface area contributed by atoms with Gasteiger partial charge in [0.05, 0.1) is 16.8 Å². The Morgan fingerprint density at radius 1 is 1.17 bits per heavy atom. The zero-order valence-electron chi connectivity index (χ0n) is 15.2. The number of rotatable bonds is 6. The molecule has 2 aromatic rings. The number of alkyl halides is 3. The van der Waals surface area contributed by atoms with Crippen molar-refractivity contribution in [3.63, 3.8) is 0 Å². The fourth-order valence-corrected chi connectivity index (χ4v) is 2.55. The molecule has 2 amide bonds. The smallest absolute Gasteiger partial charge is 0.422 e. The normalized spacial score (nSPS) is 11.3. The van der Waals surface area contributed by atoms with Crippen molar-refractivity contribution in [3.05, 3.63) is 51.6 Å². The number of anilines is 1. The molecule has 11 heteroatoms. The molecule has 1 aromatic carbocycles. The lowest BCUT2D eigenvalue weighted by Gasteiger charge is -2.14. The number of nitrogens with one attached hydrogen (secondary N) is 2. The summed E-state index contributed by atoms with van der Waals surface area (Å²) in [6, 6.07) is 5.32. The van der Waals surface area contributed by atoms with Gasteiger partial charge in [-0.25, -0.2) is 4.98 Å². The summed E-state index contributed by atoms with van der Waals surface area (Å²) in [7, 11) is 0. The predicted octanol–water partition coefficient (Wildman–Crippen LogP) is 4.72. The first-order valence-electron chi connectivity index (χ1n) is 8.23. The maximum absolute atomic E-state index is 12.5. The zero-order valence-corrected chi connectivity index (χ0v) is 16.7. The number of amides is 2. The second kappa shape index (κ2) is 9.32. The molecule has 0 atom stereocenters. The van der Waals surface area contributed by atoms with Crippen LogP contribution in [-0.2, 0) is 0 Å². The summed E-state index contributed by atoms with van der Waals surface area (Å²) in [5.41, 5.74) is 0.277. The predicted molar refractivity (Wildman–Crippen MR) is 103 cm³/mol. The summed E-state index contributed by atoms with van der Waals surface area (Å²) >= 11 is 11.8. The molecule has 0 aliphatic carbocycles. The number of nitrogens with zero attached hydrogens (tertiary/aromatic N) is 1. The van der Waals surface area contributed by atoms with Gasteiger partial charge in [0.2, 0.25) is 5.88 Å². The van der Waals surface area contributed by atoms with E-state index in [9.17, 15) is 22.8 Å². The number of halogens is 5. The molecule has 0 aliphatic rings. The SMILES string of the molecule is CC(C)NC(=O)c1ccc(Cl)cc1NC(=O)c1cnc(OCC(F)(F)F)c(Cl)c1. The van der Waals surface area contributed by atoms with E-state index in [2.05, 4.69) is 20.4 Å². The molecule has 6 nitrogen and oxygen atoms in total. The van der Waals surface area contributed by atoms with Crippen LogP contribution in [0.3, 0.4) is 0 Å². The van der Waals surface area contributed by atoms with Gasteiger partial charge < -0.3 is 15.4 Å². The van der Waals surface area contributed by atoms with Crippen molar-refractivity contribution >= 4 is 40.7 Å². The van der Waals surface area contributed by atoms with Crippen molar-refractivity contribution in [2.24, 2.45) is 0 Å². The first-order chi connectivity index (χ1) is 13.5. The van der Waals surface area contributed by atoms with Crippen LogP contribution in [0.2, 0.25) is 10.0 Å². The molecule has 0 bridgehead atoms. The second-order valence-electron chi connectivity index (χ2n) is 6.19. The molecule has 29 heavy (non-hydrogen) atoms. The minimum atomic E-state index is -4.55. The molecule has 156 valence electrons. The molecule has 0 saturated carbocycles. The standard InChI is InChI=1S/C18H16Cl2F3N3O3/c1-9(2)25-16(28)12-4-3-11(19)6-14(12)26-15(27)10-5-13(20)17(24-7-10)29-8-18(21,22)23/h3-7,9H,8H2,1-2H3,(H,25,28)(H,26,27). The van der Waals surface area contributed by atoms with Gasteiger partial charge in [0.1, 0.15) is 5.02 Å². The van der Waals surface area contributed by atoms with Crippen LogP contribution in [0.1, 0.15) is 34.6 Å². The van der Waals surface area contributed by atoms with Gasteiger partial charge in [-0.2, -0.15) is 13.2 Å². The van der Waals surface area contributed by atoms with Gasteiger partial charge in [-0.05, 0) is 38.1 Å². The molecule has 0 spiro atoms. The van der Waals surface area contributed by atoms with Crippen molar-refractivity contribution in [3.8, 4) is 5.88 Å². The largest absolute Gasteiger partial charge is 0.467 e. The molecular formula is C18H16Cl2F3N3O3. The highest BCUT2D eigenvalue weighted by Crippen LogP contribution is 2.26. The van der Waals surface area contributed by atoms with Crippen LogP contribution in [0.5, 0.6) is 5.88 Å². The van der Waals surface area contributed by atoms with Crippen LogP contribution in [0.25, 0.3) is 0 Å². The maximum atomic E-state index is 12.5. The summed E-state index contributed by atoms with van der Waals surface area (Å²) in [5, 5.41) is 5.23. The van der Waals surface area contributed by atoms with E-state index in [1.165, 1.54) is 18.2 Å². The number of aromatic nitrogens is 1. The van der Waals surface area contributed by atoms with Gasteiger partial charge in [0.15, 0.2) is 6.61 Å². The van der Waals surface area contributed by atoms with E-state index in [-0.39, 0.29) is 32.9 Å². The van der Waals surface area contributed by atoms with E-state index in [1.54, 1.807) is 13.8 Å². The topological polar surface area (TPSA) is 80.3 Å². The van der Waals surface area contributed by atoms with E-state index in [4.69, 9.17) is 23.2 Å². The number of pyridine rings is 1. The molecule has 0 aliphatic heterocycles. The summed E-state index contributed by atoms with van der Waals surface area (Å²) in [5.74, 6) is -1.57. The quantitative estimate of drug-likeness (QED) is 0.668. The first kappa shape index (κ1) is 22.8. The highest BCUT2D eigenvalue weighted by Gasteiger charge is 2.29. The Morgan fingerprint density at radius 2 is 1.86 bits per heavy atom. The van der Waals surface area contributed by atoms with E-state index in [0.717, 1.165) is 12.3 Å². The first-order valence-corrected chi connectivity index (χ1v) is 8.98. The highest BCUT2D eigenvalue weighted by molar-refractivity contribution is 6.32. The van der Waals surface area contributed by atoms with E-state index in [0.29, 0.717) is 0 Å². The number of ether oxygens (including phenoxy) is 1. The number of hydrogen-bond donors (Lipinski definition) is 2. The van der Waals surface area contributed by atoms with Gasteiger partial charge >= 0.3 is 6.18 Å². The van der Waals surface area contributed by atoms with E-state index < -0.39 is 30.5 Å². The van der Waals surface area contributed by atoms with Crippen molar-refractivity contribution in [1.29, 1.82) is 0 Å². The molecule has 1 aromatic heterocycles.